The molecule has 0 heterocycles. The first-order valence-electron chi connectivity index (χ1n) is 7.32. The fraction of sp³-hybridized carbons (Fsp3) is 0.625. The molecule has 0 amide bonds. The van der Waals surface area contributed by atoms with Crippen LogP contribution in [0.3, 0.4) is 0 Å². The molecule has 3 nitrogen and oxygen atoms in total. The highest BCUT2D eigenvalue weighted by Crippen LogP contribution is 2.18. The van der Waals surface area contributed by atoms with E-state index in [-0.39, 0.29) is 0 Å². The van der Waals surface area contributed by atoms with E-state index in [0.717, 1.165) is 44.2 Å². The molecule has 0 saturated carbocycles. The maximum absolute atomic E-state index is 5.76. The summed E-state index contributed by atoms with van der Waals surface area (Å²) in [5.41, 5.74) is 0. The minimum atomic E-state index is 0.516. The van der Waals surface area contributed by atoms with Gasteiger partial charge in [0, 0.05) is 12.5 Å². The van der Waals surface area contributed by atoms with Crippen molar-refractivity contribution in [3.8, 4) is 11.5 Å². The van der Waals surface area contributed by atoms with Crippen LogP contribution in [0, 0.1) is 5.92 Å². The number of benzene rings is 1. The standard InChI is InChI=1S/C16H27NO2/c1-4-10-17-12-14(3)13-19-16-8-6-15(7-9-16)18-11-5-2/h6-9,14,17H,4-5,10-13H2,1-3H3. The molecule has 0 fully saturated rings. The molecule has 0 saturated heterocycles. The summed E-state index contributed by atoms with van der Waals surface area (Å²) in [7, 11) is 0. The smallest absolute Gasteiger partial charge is 0.119 e. The second-order valence-corrected chi connectivity index (χ2v) is 4.94. The third kappa shape index (κ3) is 7.06. The van der Waals surface area contributed by atoms with Crippen LogP contribution in [0.5, 0.6) is 11.5 Å². The molecule has 0 bridgehead atoms. The first-order valence-corrected chi connectivity index (χ1v) is 7.32. The molecule has 3 heteroatoms. The van der Waals surface area contributed by atoms with Crippen molar-refractivity contribution in [3.05, 3.63) is 24.3 Å². The predicted octanol–water partition coefficient (Wildman–Crippen LogP) is 3.49. The van der Waals surface area contributed by atoms with E-state index in [9.17, 15) is 0 Å². The van der Waals surface area contributed by atoms with E-state index < -0.39 is 0 Å². The summed E-state index contributed by atoms with van der Waals surface area (Å²) in [6, 6.07) is 7.87. The third-order valence-corrected chi connectivity index (χ3v) is 2.75. The van der Waals surface area contributed by atoms with Crippen LogP contribution >= 0.6 is 0 Å². The van der Waals surface area contributed by atoms with Gasteiger partial charge in [0.1, 0.15) is 11.5 Å². The summed E-state index contributed by atoms with van der Waals surface area (Å²) in [6.07, 6.45) is 2.20. The van der Waals surface area contributed by atoms with E-state index >= 15 is 0 Å². The Morgan fingerprint density at radius 3 is 2.21 bits per heavy atom. The first-order chi connectivity index (χ1) is 9.26. The first kappa shape index (κ1) is 15.8. The van der Waals surface area contributed by atoms with Gasteiger partial charge in [-0.3, -0.25) is 0 Å². The highest BCUT2D eigenvalue weighted by molar-refractivity contribution is 5.31. The maximum atomic E-state index is 5.76. The second kappa shape index (κ2) is 9.68. The van der Waals surface area contributed by atoms with Gasteiger partial charge in [-0.1, -0.05) is 20.8 Å². The van der Waals surface area contributed by atoms with Gasteiger partial charge >= 0.3 is 0 Å². The fourth-order valence-electron chi connectivity index (χ4n) is 1.67. The van der Waals surface area contributed by atoms with Crippen LogP contribution in [-0.2, 0) is 0 Å². The Bertz CT molecular complexity index is 324. The van der Waals surface area contributed by atoms with Crippen molar-refractivity contribution >= 4 is 0 Å². The van der Waals surface area contributed by atoms with Crippen LogP contribution in [0.4, 0.5) is 0 Å². The lowest BCUT2D eigenvalue weighted by molar-refractivity contribution is 0.255. The van der Waals surface area contributed by atoms with Crippen molar-refractivity contribution in [1.82, 2.24) is 5.32 Å². The van der Waals surface area contributed by atoms with Gasteiger partial charge in [-0.25, -0.2) is 0 Å². The van der Waals surface area contributed by atoms with Crippen molar-refractivity contribution < 1.29 is 9.47 Å². The molecule has 0 aliphatic heterocycles. The fourth-order valence-corrected chi connectivity index (χ4v) is 1.67. The zero-order valence-corrected chi connectivity index (χ0v) is 12.4. The average molecular weight is 265 g/mol. The van der Waals surface area contributed by atoms with Crippen molar-refractivity contribution in [2.24, 2.45) is 5.92 Å². The van der Waals surface area contributed by atoms with Crippen molar-refractivity contribution in [1.29, 1.82) is 0 Å². The van der Waals surface area contributed by atoms with E-state index in [4.69, 9.17) is 9.47 Å². The molecule has 1 N–H and O–H groups in total. The van der Waals surface area contributed by atoms with Gasteiger partial charge in [0.2, 0.25) is 0 Å². The number of nitrogens with one attached hydrogen (secondary N) is 1. The quantitative estimate of drug-likeness (QED) is 0.657. The van der Waals surface area contributed by atoms with Gasteiger partial charge < -0.3 is 14.8 Å². The molecule has 0 radical (unpaired) electrons. The maximum Gasteiger partial charge on any atom is 0.119 e. The van der Waals surface area contributed by atoms with Crippen LogP contribution in [-0.4, -0.2) is 26.3 Å². The normalized spacial score (nSPS) is 12.2. The Labute approximate surface area is 117 Å². The highest BCUT2D eigenvalue weighted by Gasteiger charge is 2.03. The Morgan fingerprint density at radius 2 is 1.63 bits per heavy atom. The van der Waals surface area contributed by atoms with Gasteiger partial charge in [0.05, 0.1) is 13.2 Å². The lowest BCUT2D eigenvalue weighted by atomic mass is 10.2. The van der Waals surface area contributed by atoms with Crippen molar-refractivity contribution in [2.75, 3.05) is 26.3 Å². The van der Waals surface area contributed by atoms with Gasteiger partial charge in [-0.15, -0.1) is 0 Å². The average Bonchev–Trinajstić information content (AvgIpc) is 2.44. The Kier molecular flexibility index (Phi) is 8.07. The molecule has 0 spiro atoms. The van der Waals surface area contributed by atoms with Gasteiger partial charge in [-0.2, -0.15) is 0 Å². The number of hydrogen-bond acceptors (Lipinski definition) is 3. The van der Waals surface area contributed by atoms with Crippen LogP contribution < -0.4 is 14.8 Å². The molecule has 0 aliphatic carbocycles. The minimum absolute atomic E-state index is 0.516. The zero-order valence-electron chi connectivity index (χ0n) is 12.4. The molecule has 1 aromatic carbocycles. The van der Waals surface area contributed by atoms with Crippen molar-refractivity contribution in [2.45, 2.75) is 33.6 Å². The minimum Gasteiger partial charge on any atom is -0.494 e. The van der Waals surface area contributed by atoms with E-state index in [1.807, 2.05) is 24.3 Å². The summed E-state index contributed by atoms with van der Waals surface area (Å²) >= 11 is 0. The van der Waals surface area contributed by atoms with E-state index in [2.05, 4.69) is 26.1 Å². The van der Waals surface area contributed by atoms with E-state index in [0.29, 0.717) is 5.92 Å². The lowest BCUT2D eigenvalue weighted by Crippen LogP contribution is -2.25. The number of ether oxygens (including phenoxy) is 2. The SMILES string of the molecule is CCCNCC(C)COc1ccc(OCCC)cc1. The molecule has 108 valence electrons. The van der Waals surface area contributed by atoms with E-state index in [1.54, 1.807) is 0 Å². The summed E-state index contributed by atoms with van der Waals surface area (Å²) in [5.74, 6) is 2.33. The van der Waals surface area contributed by atoms with Crippen LogP contribution in [0.1, 0.15) is 33.6 Å². The Morgan fingerprint density at radius 1 is 1.00 bits per heavy atom. The molecule has 0 aliphatic rings. The summed E-state index contributed by atoms with van der Waals surface area (Å²) in [5, 5.41) is 3.40. The molecular weight excluding hydrogens is 238 g/mol. The molecular formula is C16H27NO2. The van der Waals surface area contributed by atoms with Crippen LogP contribution in [0.2, 0.25) is 0 Å². The van der Waals surface area contributed by atoms with E-state index in [1.165, 1.54) is 6.42 Å². The molecule has 1 rings (SSSR count). The molecule has 19 heavy (non-hydrogen) atoms. The Balaban J connectivity index is 2.25. The van der Waals surface area contributed by atoms with Gasteiger partial charge in [0.25, 0.3) is 0 Å². The van der Waals surface area contributed by atoms with Crippen LogP contribution in [0.25, 0.3) is 0 Å². The van der Waals surface area contributed by atoms with Gasteiger partial charge in [-0.05, 0) is 43.7 Å². The van der Waals surface area contributed by atoms with Crippen LogP contribution in [0.15, 0.2) is 24.3 Å². The topological polar surface area (TPSA) is 30.5 Å². The number of hydrogen-bond donors (Lipinski definition) is 1. The van der Waals surface area contributed by atoms with Gasteiger partial charge in [0.15, 0.2) is 0 Å². The molecule has 0 aromatic heterocycles. The second-order valence-electron chi connectivity index (χ2n) is 4.94. The monoisotopic (exact) mass is 265 g/mol. The molecule has 1 unspecified atom stereocenters. The number of rotatable bonds is 10. The Hall–Kier alpha value is -1.22. The zero-order chi connectivity index (χ0) is 13.9. The largest absolute Gasteiger partial charge is 0.494 e. The lowest BCUT2D eigenvalue weighted by Gasteiger charge is -2.14. The highest BCUT2D eigenvalue weighted by atomic mass is 16.5. The third-order valence-electron chi connectivity index (χ3n) is 2.75. The summed E-state index contributed by atoms with van der Waals surface area (Å²) < 4.78 is 11.3. The summed E-state index contributed by atoms with van der Waals surface area (Å²) in [6.45, 7) is 10.1. The summed E-state index contributed by atoms with van der Waals surface area (Å²) in [4.78, 5) is 0. The molecule has 1 atom stereocenters. The van der Waals surface area contributed by atoms with Crippen molar-refractivity contribution in [3.63, 3.8) is 0 Å². The predicted molar refractivity (Wildman–Crippen MR) is 80.0 cm³/mol. The molecule has 1 aromatic rings.